The number of imidazole rings is 1. The molecule has 0 saturated carbocycles. The number of benzene rings is 1. The zero-order chi connectivity index (χ0) is 18.0. The van der Waals surface area contributed by atoms with E-state index in [1.54, 1.807) is 12.1 Å². The largest absolute Gasteiger partial charge is 0.327 e. The van der Waals surface area contributed by atoms with Crippen LogP contribution in [0.25, 0.3) is 0 Å². The maximum atomic E-state index is 12.4. The van der Waals surface area contributed by atoms with Gasteiger partial charge in [0.25, 0.3) is 10.0 Å². The Hall–Kier alpha value is -1.90. The third-order valence-electron chi connectivity index (χ3n) is 4.00. The Labute approximate surface area is 151 Å². The molecule has 1 amide bonds. The quantitative estimate of drug-likeness (QED) is 0.859. The second-order valence-corrected chi connectivity index (χ2v) is 8.32. The highest BCUT2D eigenvalue weighted by Gasteiger charge is 2.29. The summed E-state index contributed by atoms with van der Waals surface area (Å²) < 4.78 is 27.7. The van der Waals surface area contributed by atoms with E-state index in [1.807, 2.05) is 13.0 Å². The lowest BCUT2D eigenvalue weighted by atomic mass is 10.2. The van der Waals surface area contributed by atoms with Crippen LogP contribution in [0.5, 0.6) is 0 Å². The van der Waals surface area contributed by atoms with Gasteiger partial charge in [-0.25, -0.2) is 13.4 Å². The number of nitrogens with zero attached hydrogens (tertiary/aromatic N) is 3. The minimum Gasteiger partial charge on any atom is -0.327 e. The van der Waals surface area contributed by atoms with Gasteiger partial charge in [-0.2, -0.15) is 4.31 Å². The number of nitrogens with one attached hydrogen (secondary N) is 1. The van der Waals surface area contributed by atoms with Crippen LogP contribution in [0.3, 0.4) is 0 Å². The molecule has 0 radical (unpaired) electrons. The van der Waals surface area contributed by atoms with Gasteiger partial charge in [0.1, 0.15) is 6.54 Å². The molecule has 0 atom stereocenters. The van der Waals surface area contributed by atoms with Gasteiger partial charge in [-0.15, -0.1) is 0 Å². The molecule has 1 fully saturated rings. The molecule has 1 aliphatic heterocycles. The molecule has 1 aromatic heterocycles. The standard InChI is InChI=1S/C16H19ClN4O3S/c1-12-4-5-14(13(17)8-12)19-15(22)9-20-10-16(18-11-20)25(23,24)21-6-2-3-7-21/h4-5,8,10-11H,2-3,6-7,9H2,1H3,(H,19,22). The number of hydrogen-bond acceptors (Lipinski definition) is 4. The van der Waals surface area contributed by atoms with Crippen molar-refractivity contribution in [1.29, 1.82) is 0 Å². The Kier molecular flexibility index (Phi) is 5.12. The summed E-state index contributed by atoms with van der Waals surface area (Å²) in [5, 5.41) is 3.13. The molecule has 25 heavy (non-hydrogen) atoms. The number of amides is 1. The van der Waals surface area contributed by atoms with Crippen molar-refractivity contribution < 1.29 is 13.2 Å². The monoisotopic (exact) mass is 382 g/mol. The fourth-order valence-corrected chi connectivity index (χ4v) is 4.43. The summed E-state index contributed by atoms with van der Waals surface area (Å²) in [6.45, 7) is 2.89. The highest BCUT2D eigenvalue weighted by Crippen LogP contribution is 2.23. The molecule has 1 N–H and O–H groups in total. The molecule has 0 spiro atoms. The summed E-state index contributed by atoms with van der Waals surface area (Å²) >= 11 is 6.09. The molecule has 9 heteroatoms. The van der Waals surface area contributed by atoms with E-state index in [9.17, 15) is 13.2 Å². The van der Waals surface area contributed by atoms with Gasteiger partial charge in [0.2, 0.25) is 5.91 Å². The predicted octanol–water partition coefficient (Wildman–Crippen LogP) is 2.27. The van der Waals surface area contributed by atoms with Gasteiger partial charge in [0.05, 0.1) is 17.0 Å². The molecule has 1 saturated heterocycles. The zero-order valence-electron chi connectivity index (χ0n) is 13.8. The molecule has 1 aromatic carbocycles. The van der Waals surface area contributed by atoms with E-state index < -0.39 is 10.0 Å². The second kappa shape index (κ2) is 7.15. The molecular formula is C16H19ClN4O3S. The molecule has 0 unspecified atom stereocenters. The van der Waals surface area contributed by atoms with Gasteiger partial charge >= 0.3 is 0 Å². The average Bonchev–Trinajstić information content (AvgIpc) is 3.22. The van der Waals surface area contributed by atoms with E-state index in [-0.39, 0.29) is 17.5 Å². The van der Waals surface area contributed by atoms with Crippen LogP contribution in [-0.4, -0.2) is 41.3 Å². The molecule has 3 rings (SSSR count). The summed E-state index contributed by atoms with van der Waals surface area (Å²) in [4.78, 5) is 16.1. The number of rotatable bonds is 5. The van der Waals surface area contributed by atoms with Gasteiger partial charge in [-0.1, -0.05) is 17.7 Å². The van der Waals surface area contributed by atoms with E-state index in [2.05, 4.69) is 10.3 Å². The van der Waals surface area contributed by atoms with Gasteiger partial charge < -0.3 is 9.88 Å². The van der Waals surface area contributed by atoms with Gasteiger partial charge in [-0.3, -0.25) is 4.79 Å². The van der Waals surface area contributed by atoms with E-state index in [0.717, 1.165) is 18.4 Å². The molecule has 7 nitrogen and oxygen atoms in total. The van der Waals surface area contributed by atoms with Crippen molar-refractivity contribution in [2.24, 2.45) is 0 Å². The van der Waals surface area contributed by atoms with Gasteiger partial charge in [0.15, 0.2) is 5.03 Å². The third kappa shape index (κ3) is 4.02. The fraction of sp³-hybridized carbons (Fsp3) is 0.375. The number of aromatic nitrogens is 2. The first-order valence-corrected chi connectivity index (χ1v) is 9.76. The third-order valence-corrected chi connectivity index (χ3v) is 6.10. The van der Waals surface area contributed by atoms with Crippen LogP contribution in [0.2, 0.25) is 5.02 Å². The molecule has 134 valence electrons. The maximum absolute atomic E-state index is 12.4. The average molecular weight is 383 g/mol. The lowest BCUT2D eigenvalue weighted by molar-refractivity contribution is -0.116. The topological polar surface area (TPSA) is 84.3 Å². The van der Waals surface area contributed by atoms with Gasteiger partial charge in [-0.05, 0) is 37.5 Å². The van der Waals surface area contributed by atoms with Crippen molar-refractivity contribution in [3.63, 3.8) is 0 Å². The van der Waals surface area contributed by atoms with E-state index in [4.69, 9.17) is 11.6 Å². The van der Waals surface area contributed by atoms with Crippen LogP contribution in [0.1, 0.15) is 18.4 Å². The van der Waals surface area contributed by atoms with Crippen molar-refractivity contribution in [2.45, 2.75) is 31.3 Å². The van der Waals surface area contributed by atoms with Gasteiger partial charge in [0, 0.05) is 19.3 Å². The Bertz CT molecular complexity index is 889. The van der Waals surface area contributed by atoms with Crippen molar-refractivity contribution in [2.75, 3.05) is 18.4 Å². The van der Waals surface area contributed by atoms with Crippen LogP contribution in [0.4, 0.5) is 5.69 Å². The molecule has 0 bridgehead atoms. The SMILES string of the molecule is Cc1ccc(NC(=O)Cn2cnc(S(=O)(=O)N3CCCC3)c2)c(Cl)c1. The van der Waals surface area contributed by atoms with Crippen LogP contribution >= 0.6 is 11.6 Å². The maximum Gasteiger partial charge on any atom is 0.262 e. The summed E-state index contributed by atoms with van der Waals surface area (Å²) in [7, 11) is -3.58. The molecule has 1 aliphatic rings. The molecule has 2 heterocycles. The van der Waals surface area contributed by atoms with Crippen LogP contribution in [-0.2, 0) is 21.4 Å². The first-order chi connectivity index (χ1) is 11.9. The summed E-state index contributed by atoms with van der Waals surface area (Å²) in [6, 6.07) is 5.33. The number of halogens is 1. The van der Waals surface area contributed by atoms with Crippen LogP contribution < -0.4 is 5.32 Å². The number of aryl methyl sites for hydroxylation is 1. The van der Waals surface area contributed by atoms with Crippen molar-refractivity contribution in [1.82, 2.24) is 13.9 Å². The zero-order valence-corrected chi connectivity index (χ0v) is 15.3. The Balaban J connectivity index is 1.67. The lowest BCUT2D eigenvalue weighted by Gasteiger charge is -2.12. The lowest BCUT2D eigenvalue weighted by Crippen LogP contribution is -2.28. The van der Waals surface area contributed by atoms with E-state index >= 15 is 0 Å². The summed E-state index contributed by atoms with van der Waals surface area (Å²) in [5.74, 6) is -0.312. The minimum atomic E-state index is -3.58. The van der Waals surface area contributed by atoms with Crippen molar-refractivity contribution >= 4 is 33.2 Å². The first-order valence-electron chi connectivity index (χ1n) is 7.94. The molecule has 2 aromatic rings. The summed E-state index contributed by atoms with van der Waals surface area (Å²) in [6.07, 6.45) is 4.45. The van der Waals surface area contributed by atoms with E-state index in [0.29, 0.717) is 23.8 Å². The fourth-order valence-electron chi connectivity index (χ4n) is 2.70. The number of hydrogen-bond donors (Lipinski definition) is 1. The van der Waals surface area contributed by atoms with E-state index in [1.165, 1.54) is 21.4 Å². The number of anilines is 1. The summed E-state index contributed by atoms with van der Waals surface area (Å²) in [5.41, 5.74) is 1.51. The number of carbonyl (C=O) groups is 1. The van der Waals surface area contributed by atoms with Crippen LogP contribution in [0, 0.1) is 6.92 Å². The Morgan fingerprint density at radius 1 is 1.32 bits per heavy atom. The normalized spacial score (nSPS) is 15.4. The Morgan fingerprint density at radius 3 is 2.72 bits per heavy atom. The first kappa shape index (κ1) is 17.9. The highest BCUT2D eigenvalue weighted by molar-refractivity contribution is 7.89. The predicted molar refractivity (Wildman–Crippen MR) is 95.0 cm³/mol. The number of carbonyl (C=O) groups excluding carboxylic acids is 1. The number of sulfonamides is 1. The highest BCUT2D eigenvalue weighted by atomic mass is 35.5. The van der Waals surface area contributed by atoms with Crippen molar-refractivity contribution in [3.8, 4) is 0 Å². The molecule has 0 aliphatic carbocycles. The smallest absolute Gasteiger partial charge is 0.262 e. The second-order valence-electron chi connectivity index (χ2n) is 6.03. The van der Waals surface area contributed by atoms with Crippen LogP contribution in [0.15, 0.2) is 35.7 Å². The van der Waals surface area contributed by atoms with Crippen molar-refractivity contribution in [3.05, 3.63) is 41.3 Å². The minimum absolute atomic E-state index is 0.0319. The Morgan fingerprint density at radius 2 is 2.04 bits per heavy atom. The molecular weight excluding hydrogens is 364 g/mol.